The van der Waals surface area contributed by atoms with Gasteiger partial charge in [0, 0.05) is 12.8 Å². The third-order valence-electron chi connectivity index (χ3n) is 11.0. The smallest absolute Gasteiger partial charge is 0.462 e. The summed E-state index contributed by atoms with van der Waals surface area (Å²) in [5.41, 5.74) is 0. The van der Waals surface area contributed by atoms with Crippen LogP contribution >= 0.6 is 7.82 Å². The summed E-state index contributed by atoms with van der Waals surface area (Å²) in [6.07, 6.45) is 47.9. The fourth-order valence-electron chi connectivity index (χ4n) is 7.00. The van der Waals surface area contributed by atoms with Crippen molar-refractivity contribution in [2.24, 2.45) is 0 Å². The van der Waals surface area contributed by atoms with E-state index in [0.717, 1.165) is 38.5 Å². The molecule has 354 valence electrons. The highest BCUT2D eigenvalue weighted by Gasteiger charge is 2.27. The molecule has 0 amide bonds. The van der Waals surface area contributed by atoms with E-state index in [1.165, 1.54) is 161 Å². The molecule has 0 aliphatic rings. The second-order valence-corrected chi connectivity index (χ2v) is 19.6. The van der Waals surface area contributed by atoms with Crippen LogP contribution in [0.5, 0.6) is 0 Å². The van der Waals surface area contributed by atoms with Gasteiger partial charge in [0.2, 0.25) is 0 Å². The van der Waals surface area contributed by atoms with Gasteiger partial charge in [0.05, 0.1) is 27.7 Å². The highest BCUT2D eigenvalue weighted by molar-refractivity contribution is 7.47. The highest BCUT2D eigenvalue weighted by Crippen LogP contribution is 2.43. The number of quaternary nitrogens is 1. The molecule has 0 aromatic rings. The molecule has 0 saturated carbocycles. The van der Waals surface area contributed by atoms with Crippen molar-refractivity contribution in [1.29, 1.82) is 0 Å². The number of unbranched alkanes of at least 4 members (excludes halogenated alkanes) is 28. The minimum atomic E-state index is -4.38. The predicted octanol–water partition coefficient (Wildman–Crippen LogP) is 14.7. The van der Waals surface area contributed by atoms with Gasteiger partial charge in [-0.15, -0.1) is 0 Å². The van der Waals surface area contributed by atoms with Crippen molar-refractivity contribution in [3.05, 3.63) is 24.3 Å². The normalized spacial score (nSPS) is 13.6. The van der Waals surface area contributed by atoms with Crippen molar-refractivity contribution in [2.45, 2.75) is 238 Å². The Hall–Kier alpha value is -1.51. The van der Waals surface area contributed by atoms with Crippen molar-refractivity contribution in [2.75, 3.05) is 47.5 Å². The quantitative estimate of drug-likeness (QED) is 0.0212. The van der Waals surface area contributed by atoms with Crippen LogP contribution in [-0.2, 0) is 32.7 Å². The Labute approximate surface area is 370 Å². The minimum absolute atomic E-state index is 0.0322. The van der Waals surface area contributed by atoms with E-state index in [-0.39, 0.29) is 32.0 Å². The summed E-state index contributed by atoms with van der Waals surface area (Å²) in [5, 5.41) is 0. The van der Waals surface area contributed by atoms with E-state index in [9.17, 15) is 19.0 Å². The Morgan fingerprint density at radius 2 is 0.850 bits per heavy atom. The van der Waals surface area contributed by atoms with Gasteiger partial charge in [0.1, 0.15) is 19.8 Å². The standard InChI is InChI=1S/C50H96NO8P/c1-6-8-10-12-14-16-18-20-22-24-25-27-29-31-33-35-37-39-41-43-50(53)59-48(47-58-60(54,55)57-45-44-51(3,4)5)46-56-49(52)42-40-38-36-34-32-30-28-26-23-21-19-17-15-13-11-9-7-2/h20-23,48H,6-19,24-47H2,1-5H3/p+1/b22-20-,23-21-. The van der Waals surface area contributed by atoms with Crippen LogP contribution in [0.4, 0.5) is 0 Å². The number of hydrogen-bond acceptors (Lipinski definition) is 7. The van der Waals surface area contributed by atoms with E-state index in [4.69, 9.17) is 18.5 Å². The van der Waals surface area contributed by atoms with Crippen LogP contribution in [0, 0.1) is 0 Å². The zero-order valence-electron chi connectivity index (χ0n) is 40.0. The zero-order chi connectivity index (χ0) is 44.3. The van der Waals surface area contributed by atoms with E-state index in [2.05, 4.69) is 38.2 Å². The molecule has 60 heavy (non-hydrogen) atoms. The van der Waals surface area contributed by atoms with Crippen LogP contribution < -0.4 is 0 Å². The topological polar surface area (TPSA) is 108 Å². The summed E-state index contributed by atoms with van der Waals surface area (Å²) in [6.45, 7) is 4.44. The van der Waals surface area contributed by atoms with Crippen LogP contribution in [0.15, 0.2) is 24.3 Å². The Kier molecular flexibility index (Phi) is 41.7. The summed E-state index contributed by atoms with van der Waals surface area (Å²) in [5.74, 6) is -0.797. The molecule has 0 aromatic carbocycles. The Bertz CT molecular complexity index is 1070. The number of allylic oxidation sites excluding steroid dienone is 4. The summed E-state index contributed by atoms with van der Waals surface area (Å²) in [7, 11) is 1.48. The van der Waals surface area contributed by atoms with Gasteiger partial charge in [-0.25, -0.2) is 4.57 Å². The highest BCUT2D eigenvalue weighted by atomic mass is 31.2. The predicted molar refractivity (Wildman–Crippen MR) is 252 cm³/mol. The first kappa shape index (κ1) is 58.5. The van der Waals surface area contributed by atoms with Crippen LogP contribution in [-0.4, -0.2) is 74.9 Å². The SMILES string of the molecule is CCCCCCCC/C=C\CCCCCCCCCCCC(=O)OC(COC(=O)CCCCCCCCC/C=C\CCCCCCCC)COP(=O)(O)OCC[N+](C)(C)C. The van der Waals surface area contributed by atoms with Gasteiger partial charge in [-0.2, -0.15) is 0 Å². The van der Waals surface area contributed by atoms with Crippen molar-refractivity contribution in [1.82, 2.24) is 0 Å². The average Bonchev–Trinajstić information content (AvgIpc) is 3.20. The first-order chi connectivity index (χ1) is 29.0. The molecule has 0 bridgehead atoms. The molecule has 0 aliphatic carbocycles. The van der Waals surface area contributed by atoms with Gasteiger partial charge in [0.25, 0.3) is 0 Å². The van der Waals surface area contributed by atoms with E-state index in [0.29, 0.717) is 17.4 Å². The number of carbonyl (C=O) groups excluding carboxylic acids is 2. The summed E-state index contributed by atoms with van der Waals surface area (Å²) in [4.78, 5) is 35.5. The Morgan fingerprint density at radius 1 is 0.500 bits per heavy atom. The fourth-order valence-corrected chi connectivity index (χ4v) is 7.75. The van der Waals surface area contributed by atoms with E-state index < -0.39 is 26.5 Å². The van der Waals surface area contributed by atoms with Crippen LogP contribution in [0.25, 0.3) is 0 Å². The van der Waals surface area contributed by atoms with E-state index in [1.54, 1.807) is 0 Å². The van der Waals surface area contributed by atoms with Crippen LogP contribution in [0.1, 0.15) is 232 Å². The minimum Gasteiger partial charge on any atom is -0.462 e. The van der Waals surface area contributed by atoms with Crippen molar-refractivity contribution >= 4 is 19.8 Å². The molecular formula is C50H97NO8P+. The molecule has 0 aliphatic heterocycles. The molecule has 0 fully saturated rings. The van der Waals surface area contributed by atoms with Gasteiger partial charge in [-0.1, -0.05) is 179 Å². The summed E-state index contributed by atoms with van der Waals surface area (Å²) >= 11 is 0. The lowest BCUT2D eigenvalue weighted by Gasteiger charge is -2.24. The van der Waals surface area contributed by atoms with Crippen molar-refractivity contribution in [3.63, 3.8) is 0 Å². The molecule has 1 N–H and O–H groups in total. The number of phosphoric ester groups is 1. The average molecular weight is 871 g/mol. The lowest BCUT2D eigenvalue weighted by atomic mass is 10.1. The lowest BCUT2D eigenvalue weighted by molar-refractivity contribution is -0.870. The lowest BCUT2D eigenvalue weighted by Crippen LogP contribution is -2.37. The number of phosphoric acid groups is 1. The third kappa shape index (κ3) is 46.0. The molecule has 2 unspecified atom stereocenters. The van der Waals surface area contributed by atoms with Crippen LogP contribution in [0.2, 0.25) is 0 Å². The number of esters is 2. The van der Waals surface area contributed by atoms with Crippen molar-refractivity contribution < 1.29 is 42.1 Å². The van der Waals surface area contributed by atoms with Crippen LogP contribution in [0.3, 0.4) is 0 Å². The van der Waals surface area contributed by atoms with Gasteiger partial charge in [-0.05, 0) is 64.2 Å². The third-order valence-corrected chi connectivity index (χ3v) is 11.9. The van der Waals surface area contributed by atoms with E-state index >= 15 is 0 Å². The largest absolute Gasteiger partial charge is 0.472 e. The molecule has 0 spiro atoms. The van der Waals surface area contributed by atoms with E-state index in [1.807, 2.05) is 21.1 Å². The molecule has 10 heteroatoms. The number of hydrogen-bond donors (Lipinski definition) is 1. The second kappa shape index (κ2) is 42.8. The summed E-state index contributed by atoms with van der Waals surface area (Å²) < 4.78 is 34.4. The molecule has 0 aromatic heterocycles. The number of rotatable bonds is 46. The monoisotopic (exact) mass is 871 g/mol. The first-order valence-corrected chi connectivity index (χ1v) is 26.6. The molecule has 0 saturated heterocycles. The first-order valence-electron chi connectivity index (χ1n) is 25.1. The maximum absolute atomic E-state index is 12.7. The summed E-state index contributed by atoms with van der Waals surface area (Å²) in [6, 6.07) is 0. The number of ether oxygens (including phenoxy) is 2. The Balaban J connectivity index is 4.27. The van der Waals surface area contributed by atoms with Gasteiger partial charge in [-0.3, -0.25) is 18.6 Å². The molecule has 0 rings (SSSR count). The zero-order valence-corrected chi connectivity index (χ0v) is 40.9. The van der Waals surface area contributed by atoms with Gasteiger partial charge in [0.15, 0.2) is 6.10 Å². The fraction of sp³-hybridized carbons (Fsp3) is 0.880. The number of nitrogens with zero attached hydrogens (tertiary/aromatic N) is 1. The van der Waals surface area contributed by atoms with Gasteiger partial charge < -0.3 is 18.9 Å². The molecule has 2 atom stereocenters. The number of likely N-dealkylation sites (N-methyl/N-ethyl adjacent to an activating group) is 1. The van der Waals surface area contributed by atoms with Crippen molar-refractivity contribution in [3.8, 4) is 0 Å². The molecule has 0 heterocycles. The molecule has 0 radical (unpaired) electrons. The second-order valence-electron chi connectivity index (χ2n) is 18.2. The Morgan fingerprint density at radius 3 is 1.23 bits per heavy atom. The molecular weight excluding hydrogens is 774 g/mol. The number of carbonyl (C=O) groups is 2. The maximum Gasteiger partial charge on any atom is 0.472 e. The molecule has 9 nitrogen and oxygen atoms in total. The van der Waals surface area contributed by atoms with Gasteiger partial charge >= 0.3 is 19.8 Å². The maximum atomic E-state index is 12.7.